The number of hydrogen-bond acceptors (Lipinski definition) is 16. The smallest absolute Gasteiger partial charge is 0.323 e. The zero-order chi connectivity index (χ0) is 90.2. The van der Waals surface area contributed by atoms with Crippen LogP contribution in [-0.4, -0.2) is 148 Å². The minimum absolute atomic E-state index is 0.0421. The summed E-state index contributed by atoms with van der Waals surface area (Å²) in [5, 5.41) is 9.06. The molecule has 12 atom stereocenters. The molecular formula is C106H142F4N4O13. The van der Waals surface area contributed by atoms with Crippen molar-refractivity contribution in [2.75, 3.05) is 53.5 Å². The predicted octanol–water partition coefficient (Wildman–Crippen LogP) is 21.5. The summed E-state index contributed by atoms with van der Waals surface area (Å²) in [5.41, 5.74) is 2.91. The summed E-state index contributed by atoms with van der Waals surface area (Å²) in [4.78, 5) is 41.4. The van der Waals surface area contributed by atoms with Crippen LogP contribution in [0.3, 0.4) is 0 Å². The maximum atomic E-state index is 18.1. The fraction of sp³-hybridized carbons (Fsp3) is 0.519. The third kappa shape index (κ3) is 34.0. The predicted molar refractivity (Wildman–Crippen MR) is 493 cm³/mol. The molecule has 10 rings (SSSR count). The molecule has 0 spiro atoms. The Morgan fingerprint density at radius 2 is 0.701 bits per heavy atom. The van der Waals surface area contributed by atoms with E-state index < -0.39 is 90.8 Å². The van der Waals surface area contributed by atoms with Gasteiger partial charge in [-0.3, -0.25) is 14.4 Å². The van der Waals surface area contributed by atoms with E-state index in [9.17, 15) is 14.4 Å². The molecule has 2 aliphatic rings. The summed E-state index contributed by atoms with van der Waals surface area (Å²) < 4.78 is 133. The number of unbranched alkanes of at least 4 members (excludes halogenated alkanes) is 14. The molecule has 0 aromatic heterocycles. The Morgan fingerprint density at radius 1 is 0.394 bits per heavy atom. The number of alkyl halides is 4. The Hall–Kier alpha value is -8.55. The van der Waals surface area contributed by atoms with Crippen molar-refractivity contribution in [3.63, 3.8) is 0 Å². The molecule has 0 unspecified atom stereocenters. The first-order valence-corrected chi connectivity index (χ1v) is 46.5. The van der Waals surface area contributed by atoms with E-state index in [1.165, 1.54) is 76.5 Å². The second-order valence-electron chi connectivity index (χ2n) is 34.5. The van der Waals surface area contributed by atoms with E-state index >= 15 is 17.6 Å². The molecule has 3 N–H and O–H groups in total. The van der Waals surface area contributed by atoms with E-state index in [1.54, 1.807) is 14.1 Å². The molecule has 127 heavy (non-hydrogen) atoms. The molecule has 2 fully saturated rings. The first-order valence-electron chi connectivity index (χ1n) is 46.5. The summed E-state index contributed by atoms with van der Waals surface area (Å²) in [5.74, 6) is -8.79. The maximum Gasteiger partial charge on any atom is 0.323 e. The number of likely N-dealkylation sites (N-methyl/N-ethyl adjacent to an activating group) is 2. The standard InChI is InChI=1S/C61H86F2N2O7.C45H56F2N2O6/c1-5-6-7-8-9-10-11-12-13-14-15-16-29-41-56(66)65(42-31-30-40-54(64-4)59(67)71-46-53-38-27-20-28-39-53)48-61(62,63)60(3)58(70-45-52-36-25-19-26-37-52)57(69-44-51-34-23-18-24-35-51)49(2)55(72-60)47-68-43-50-32-21-17-22-33-50;1-34-40(32-51-28-35-18-8-4-9-19-35)55-44(2,42(53-30-37-22-12-6-13-23-37)41(34)52-29-36-20-10-5-11-21-36)45(46,47)33-49-27-17-16-26-39(48-3)43(50)54-31-38-24-14-7-15-25-38/h17-28,32-39,49,54-55,57-58,64H,5-16,29-31,40-48H2,1-4H3;4-15,18-25,34,39-42,48-49H,16-17,26-33H2,1-3H3/t49-,54-,55+,57-,58+,60+;34-,39-,40+,41-,42+,44+/m00/s1. The van der Waals surface area contributed by atoms with Crippen LogP contribution in [0.1, 0.15) is 208 Å². The van der Waals surface area contributed by atoms with Crippen LogP contribution in [0.25, 0.3) is 0 Å². The van der Waals surface area contributed by atoms with Crippen molar-refractivity contribution in [3.05, 3.63) is 287 Å². The second kappa shape index (κ2) is 56.1. The molecule has 2 heterocycles. The minimum Gasteiger partial charge on any atom is -0.460 e. The molecule has 0 aliphatic carbocycles. The fourth-order valence-electron chi connectivity index (χ4n) is 16.5. The van der Waals surface area contributed by atoms with Crippen molar-refractivity contribution in [2.45, 2.75) is 288 Å². The molecule has 21 heteroatoms. The number of esters is 2. The van der Waals surface area contributed by atoms with Crippen LogP contribution in [0.2, 0.25) is 0 Å². The number of hydrogen-bond donors (Lipinski definition) is 3. The third-order valence-corrected chi connectivity index (χ3v) is 24.6. The number of rotatable bonds is 58. The molecule has 8 aromatic rings. The molecule has 0 radical (unpaired) electrons. The van der Waals surface area contributed by atoms with E-state index in [0.29, 0.717) is 58.1 Å². The second-order valence-corrected chi connectivity index (χ2v) is 34.5. The average Bonchev–Trinajstić information content (AvgIpc) is 0.739. The highest BCUT2D eigenvalue weighted by atomic mass is 19.3. The van der Waals surface area contributed by atoms with Crippen LogP contribution >= 0.6 is 0 Å². The van der Waals surface area contributed by atoms with Gasteiger partial charge in [0.1, 0.15) is 37.5 Å². The lowest BCUT2D eigenvalue weighted by atomic mass is 9.77. The number of nitrogens with one attached hydrogen (secondary N) is 3. The van der Waals surface area contributed by atoms with Gasteiger partial charge in [-0.05, 0) is 118 Å². The van der Waals surface area contributed by atoms with Gasteiger partial charge in [0.15, 0.2) is 11.2 Å². The topological polar surface area (TPSA) is 183 Å². The largest absolute Gasteiger partial charge is 0.460 e. The summed E-state index contributed by atoms with van der Waals surface area (Å²) in [6.07, 6.45) is 12.9. The van der Waals surface area contributed by atoms with Crippen LogP contribution < -0.4 is 16.0 Å². The van der Waals surface area contributed by atoms with Gasteiger partial charge < -0.3 is 68.2 Å². The Morgan fingerprint density at radius 3 is 1.05 bits per heavy atom. The summed E-state index contributed by atoms with van der Waals surface area (Å²) in [6, 6.07) is 75.7. The lowest BCUT2D eigenvalue weighted by Crippen LogP contribution is -2.71. The zero-order valence-electron chi connectivity index (χ0n) is 76.2. The highest BCUT2D eigenvalue weighted by Gasteiger charge is 2.66. The highest BCUT2D eigenvalue weighted by Crippen LogP contribution is 2.49. The number of ether oxygens (including phenoxy) is 10. The number of carbonyl (C=O) groups excluding carboxylic acids is 3. The van der Waals surface area contributed by atoms with Crippen molar-refractivity contribution in [3.8, 4) is 0 Å². The molecule has 8 aromatic carbocycles. The fourth-order valence-corrected chi connectivity index (χ4v) is 16.5. The van der Waals surface area contributed by atoms with E-state index in [1.807, 2.05) is 257 Å². The van der Waals surface area contributed by atoms with Crippen molar-refractivity contribution in [1.29, 1.82) is 0 Å². The third-order valence-electron chi connectivity index (χ3n) is 24.6. The number of benzene rings is 8. The lowest BCUT2D eigenvalue weighted by molar-refractivity contribution is -0.336. The van der Waals surface area contributed by atoms with Gasteiger partial charge in [-0.15, -0.1) is 0 Å². The average molecular weight is 1760 g/mol. The van der Waals surface area contributed by atoms with Crippen LogP contribution in [0.5, 0.6) is 0 Å². The molecule has 1 amide bonds. The highest BCUT2D eigenvalue weighted by molar-refractivity contribution is 5.77. The normalized spacial score (nSPS) is 20.5. The SMILES string of the molecule is CCCCCCCCCCCCCCCC(=O)N(CCCC[C@H](NC)C(=O)OCc1ccccc1)CC(F)(F)[C@]1(C)O[C@H](COCc2ccccc2)[C@H](C)[C@H](OCc2ccccc2)[C@H]1OCc1ccccc1.CN[C@@H](CCCCNCC(F)(F)[C@]1(C)O[C@H](COCc2ccccc2)[C@H](C)[C@H](OCc2ccccc2)[C@H]1OCc1ccccc1)C(=O)OCc1ccccc1. The van der Waals surface area contributed by atoms with E-state index in [0.717, 1.165) is 63.8 Å². The van der Waals surface area contributed by atoms with Crippen molar-refractivity contribution in [1.82, 2.24) is 20.9 Å². The van der Waals surface area contributed by atoms with E-state index in [-0.39, 0.29) is 96.2 Å². The van der Waals surface area contributed by atoms with Gasteiger partial charge in [0.2, 0.25) is 5.91 Å². The van der Waals surface area contributed by atoms with Gasteiger partial charge >= 0.3 is 11.9 Å². The van der Waals surface area contributed by atoms with Gasteiger partial charge in [-0.2, -0.15) is 0 Å². The summed E-state index contributed by atoms with van der Waals surface area (Å²) >= 11 is 0. The first kappa shape index (κ1) is 102. The van der Waals surface area contributed by atoms with E-state index in [2.05, 4.69) is 22.9 Å². The Balaban J connectivity index is 0.000000297. The van der Waals surface area contributed by atoms with Gasteiger partial charge in [0, 0.05) is 24.8 Å². The molecule has 2 aliphatic heterocycles. The molecule has 17 nitrogen and oxygen atoms in total. The summed E-state index contributed by atoms with van der Waals surface area (Å²) in [7, 11) is 3.42. The van der Waals surface area contributed by atoms with Crippen LogP contribution in [0, 0.1) is 11.8 Å². The number of amides is 1. The van der Waals surface area contributed by atoms with E-state index in [4.69, 9.17) is 47.4 Å². The van der Waals surface area contributed by atoms with Crippen molar-refractivity contribution < 1.29 is 79.3 Å². The Kier molecular flexibility index (Phi) is 45.2. The quantitative estimate of drug-likeness (QED) is 0.0186. The van der Waals surface area contributed by atoms with Gasteiger partial charge in [0.05, 0.1) is 90.4 Å². The van der Waals surface area contributed by atoms with Crippen molar-refractivity contribution in [2.24, 2.45) is 11.8 Å². The van der Waals surface area contributed by atoms with Crippen LogP contribution in [0.15, 0.2) is 243 Å². The van der Waals surface area contributed by atoms with Gasteiger partial charge in [0.25, 0.3) is 11.8 Å². The zero-order valence-corrected chi connectivity index (χ0v) is 76.2. The number of carbonyl (C=O) groups is 3. The summed E-state index contributed by atoms with van der Waals surface area (Å²) in [6.45, 7) is 9.58. The van der Waals surface area contributed by atoms with Crippen LogP contribution in [-0.2, 0) is 115 Å². The molecule has 692 valence electrons. The number of halogens is 4. The minimum atomic E-state index is -3.62. The Bertz CT molecular complexity index is 4260. The lowest BCUT2D eigenvalue weighted by Gasteiger charge is -2.54. The maximum absolute atomic E-state index is 18.1. The first-order chi connectivity index (χ1) is 61.7. The van der Waals surface area contributed by atoms with Gasteiger partial charge in [-0.1, -0.05) is 347 Å². The number of nitrogens with zero attached hydrogens (tertiary/aromatic N) is 1. The molecule has 0 bridgehead atoms. The van der Waals surface area contributed by atoms with Gasteiger partial charge in [-0.25, -0.2) is 17.6 Å². The monoisotopic (exact) mass is 1760 g/mol. The molecular weight excluding hydrogens is 1610 g/mol. The molecule has 0 saturated carbocycles. The van der Waals surface area contributed by atoms with Crippen LogP contribution in [0.4, 0.5) is 17.6 Å². The van der Waals surface area contributed by atoms with Crippen molar-refractivity contribution >= 4 is 17.8 Å². The Labute approximate surface area is 754 Å². The molecule has 2 saturated heterocycles.